The summed E-state index contributed by atoms with van der Waals surface area (Å²) in [6.07, 6.45) is 4.46. The van der Waals surface area contributed by atoms with Gasteiger partial charge in [0.25, 0.3) is 5.91 Å². The van der Waals surface area contributed by atoms with Crippen molar-refractivity contribution in [3.8, 4) is 5.75 Å². The SMILES string of the molecule is C[C@H]1CCCC[C@@H]1NC(=O)COC(=O)c1cccc(OCc2ccccc2)c1. The van der Waals surface area contributed by atoms with Crippen LogP contribution in [0.4, 0.5) is 0 Å². The van der Waals surface area contributed by atoms with Crippen molar-refractivity contribution in [1.82, 2.24) is 5.32 Å². The van der Waals surface area contributed by atoms with Gasteiger partial charge < -0.3 is 14.8 Å². The average Bonchev–Trinajstić information content (AvgIpc) is 2.73. The third-order valence-corrected chi connectivity index (χ3v) is 5.11. The van der Waals surface area contributed by atoms with Gasteiger partial charge in [-0.3, -0.25) is 4.79 Å². The van der Waals surface area contributed by atoms with Gasteiger partial charge in [0.05, 0.1) is 5.56 Å². The Morgan fingerprint density at radius 2 is 1.82 bits per heavy atom. The lowest BCUT2D eigenvalue weighted by molar-refractivity contribution is -0.125. The molecule has 1 saturated carbocycles. The maximum absolute atomic E-state index is 12.3. The topological polar surface area (TPSA) is 64.6 Å². The number of nitrogens with one attached hydrogen (secondary N) is 1. The van der Waals surface area contributed by atoms with Gasteiger partial charge in [0.15, 0.2) is 6.61 Å². The second kappa shape index (κ2) is 9.93. The summed E-state index contributed by atoms with van der Waals surface area (Å²) in [4.78, 5) is 24.4. The molecular formula is C23H27NO4. The van der Waals surface area contributed by atoms with Gasteiger partial charge in [0.1, 0.15) is 12.4 Å². The lowest BCUT2D eigenvalue weighted by atomic mass is 9.86. The van der Waals surface area contributed by atoms with Gasteiger partial charge >= 0.3 is 5.97 Å². The fourth-order valence-electron chi connectivity index (χ4n) is 3.45. The van der Waals surface area contributed by atoms with Gasteiger partial charge in [0.2, 0.25) is 0 Å². The maximum atomic E-state index is 12.3. The molecule has 5 heteroatoms. The molecule has 1 fully saturated rings. The van der Waals surface area contributed by atoms with Crippen LogP contribution in [0.1, 0.15) is 48.5 Å². The van der Waals surface area contributed by atoms with Crippen molar-refractivity contribution in [2.75, 3.05) is 6.61 Å². The highest BCUT2D eigenvalue weighted by Crippen LogP contribution is 2.23. The minimum atomic E-state index is -0.531. The van der Waals surface area contributed by atoms with Gasteiger partial charge in [-0.1, -0.05) is 56.2 Å². The largest absolute Gasteiger partial charge is 0.489 e. The predicted octanol–water partition coefficient (Wildman–Crippen LogP) is 4.12. The van der Waals surface area contributed by atoms with Crippen molar-refractivity contribution >= 4 is 11.9 Å². The molecule has 5 nitrogen and oxygen atoms in total. The molecule has 1 N–H and O–H groups in total. The zero-order valence-electron chi connectivity index (χ0n) is 16.2. The molecule has 0 saturated heterocycles. The van der Waals surface area contributed by atoms with Gasteiger partial charge in [-0.2, -0.15) is 0 Å². The van der Waals surface area contributed by atoms with Crippen LogP contribution in [-0.2, 0) is 16.1 Å². The molecule has 0 radical (unpaired) electrons. The summed E-state index contributed by atoms with van der Waals surface area (Å²) in [6, 6.07) is 16.8. The molecule has 0 unspecified atom stereocenters. The van der Waals surface area contributed by atoms with Crippen molar-refractivity contribution in [3.63, 3.8) is 0 Å². The summed E-state index contributed by atoms with van der Waals surface area (Å²) in [6.45, 7) is 2.30. The van der Waals surface area contributed by atoms with Crippen LogP contribution in [0.25, 0.3) is 0 Å². The molecular weight excluding hydrogens is 354 g/mol. The first-order valence-corrected chi connectivity index (χ1v) is 9.85. The van der Waals surface area contributed by atoms with Crippen LogP contribution >= 0.6 is 0 Å². The van der Waals surface area contributed by atoms with Crippen molar-refractivity contribution in [2.45, 2.75) is 45.3 Å². The summed E-state index contributed by atoms with van der Waals surface area (Å²) < 4.78 is 10.9. The molecule has 1 aliphatic carbocycles. The van der Waals surface area contributed by atoms with Crippen molar-refractivity contribution < 1.29 is 19.1 Å². The van der Waals surface area contributed by atoms with Crippen LogP contribution in [0, 0.1) is 5.92 Å². The number of ether oxygens (including phenoxy) is 2. The number of esters is 1. The zero-order valence-corrected chi connectivity index (χ0v) is 16.2. The normalized spacial score (nSPS) is 18.9. The first-order chi connectivity index (χ1) is 13.6. The Labute approximate surface area is 166 Å². The Morgan fingerprint density at radius 3 is 2.61 bits per heavy atom. The van der Waals surface area contributed by atoms with Gasteiger partial charge in [-0.25, -0.2) is 4.79 Å². The molecule has 148 valence electrons. The molecule has 2 aromatic rings. The van der Waals surface area contributed by atoms with E-state index in [0.717, 1.165) is 24.8 Å². The fourth-order valence-corrected chi connectivity index (χ4v) is 3.45. The molecule has 0 heterocycles. The Balaban J connectivity index is 1.48. The van der Waals surface area contributed by atoms with Gasteiger partial charge in [0, 0.05) is 6.04 Å². The number of hydrogen-bond acceptors (Lipinski definition) is 4. The molecule has 0 aromatic heterocycles. The van der Waals surface area contributed by atoms with Crippen molar-refractivity contribution in [3.05, 3.63) is 65.7 Å². The second-order valence-electron chi connectivity index (χ2n) is 7.31. The number of hydrogen-bond donors (Lipinski definition) is 1. The Kier molecular flexibility index (Phi) is 7.06. The fraction of sp³-hybridized carbons (Fsp3) is 0.391. The Hall–Kier alpha value is -2.82. The van der Waals surface area contributed by atoms with Crippen LogP contribution in [0.15, 0.2) is 54.6 Å². The van der Waals surface area contributed by atoms with Crippen LogP contribution < -0.4 is 10.1 Å². The number of carbonyl (C=O) groups is 2. The Bertz CT molecular complexity index is 790. The van der Waals surface area contributed by atoms with E-state index in [1.165, 1.54) is 6.42 Å². The molecule has 2 atom stereocenters. The summed E-state index contributed by atoms with van der Waals surface area (Å²) in [7, 11) is 0. The van der Waals surface area contributed by atoms with E-state index in [1.54, 1.807) is 24.3 Å². The summed E-state index contributed by atoms with van der Waals surface area (Å²) in [5, 5.41) is 2.98. The molecule has 0 aliphatic heterocycles. The smallest absolute Gasteiger partial charge is 0.338 e. The number of rotatable bonds is 7. The van der Waals surface area contributed by atoms with Crippen LogP contribution in [0.3, 0.4) is 0 Å². The van der Waals surface area contributed by atoms with E-state index in [2.05, 4.69) is 12.2 Å². The van der Waals surface area contributed by atoms with E-state index < -0.39 is 5.97 Å². The van der Waals surface area contributed by atoms with E-state index in [9.17, 15) is 9.59 Å². The quantitative estimate of drug-likeness (QED) is 0.733. The van der Waals surface area contributed by atoms with E-state index in [0.29, 0.717) is 23.8 Å². The average molecular weight is 381 g/mol. The first kappa shape index (κ1) is 19.9. The van der Waals surface area contributed by atoms with Gasteiger partial charge in [-0.15, -0.1) is 0 Å². The highest BCUT2D eigenvalue weighted by molar-refractivity contribution is 5.91. The second-order valence-corrected chi connectivity index (χ2v) is 7.31. The minimum Gasteiger partial charge on any atom is -0.489 e. The lowest BCUT2D eigenvalue weighted by Gasteiger charge is -2.29. The summed E-state index contributed by atoms with van der Waals surface area (Å²) in [5.74, 6) is 0.270. The summed E-state index contributed by atoms with van der Waals surface area (Å²) >= 11 is 0. The van der Waals surface area contributed by atoms with E-state index in [1.807, 2.05) is 30.3 Å². The third kappa shape index (κ3) is 5.84. The number of benzene rings is 2. The number of carbonyl (C=O) groups excluding carboxylic acids is 2. The van der Waals surface area contributed by atoms with Crippen molar-refractivity contribution in [2.24, 2.45) is 5.92 Å². The lowest BCUT2D eigenvalue weighted by Crippen LogP contribution is -2.42. The van der Waals surface area contributed by atoms with Gasteiger partial charge in [-0.05, 0) is 42.5 Å². The Morgan fingerprint density at radius 1 is 1.04 bits per heavy atom. The highest BCUT2D eigenvalue weighted by atomic mass is 16.5. The van der Waals surface area contributed by atoms with Crippen LogP contribution in [-0.4, -0.2) is 24.5 Å². The molecule has 28 heavy (non-hydrogen) atoms. The zero-order chi connectivity index (χ0) is 19.8. The molecule has 1 amide bonds. The molecule has 0 spiro atoms. The molecule has 0 bridgehead atoms. The number of amides is 1. The van der Waals surface area contributed by atoms with E-state index >= 15 is 0 Å². The van der Waals surface area contributed by atoms with Crippen LogP contribution in [0.5, 0.6) is 5.75 Å². The molecule has 2 aromatic carbocycles. The van der Waals surface area contributed by atoms with E-state index in [4.69, 9.17) is 9.47 Å². The first-order valence-electron chi connectivity index (χ1n) is 9.85. The van der Waals surface area contributed by atoms with Crippen molar-refractivity contribution in [1.29, 1.82) is 0 Å². The minimum absolute atomic E-state index is 0.176. The third-order valence-electron chi connectivity index (χ3n) is 5.11. The predicted molar refractivity (Wildman–Crippen MR) is 107 cm³/mol. The molecule has 3 rings (SSSR count). The monoisotopic (exact) mass is 381 g/mol. The standard InChI is InChI=1S/C23H27NO4/c1-17-8-5-6-13-21(17)24-22(25)16-28-23(26)19-11-7-12-20(14-19)27-15-18-9-3-2-4-10-18/h2-4,7,9-12,14,17,21H,5-6,8,13,15-16H2,1H3,(H,24,25)/t17-,21-/m0/s1. The molecule has 1 aliphatic rings. The van der Waals surface area contributed by atoms with Crippen LogP contribution in [0.2, 0.25) is 0 Å². The highest BCUT2D eigenvalue weighted by Gasteiger charge is 2.23. The maximum Gasteiger partial charge on any atom is 0.338 e. The summed E-state index contributed by atoms with van der Waals surface area (Å²) in [5.41, 5.74) is 1.41. The van der Waals surface area contributed by atoms with E-state index in [-0.39, 0.29) is 18.6 Å².